The Morgan fingerprint density at radius 1 is 0.893 bits per heavy atom. The predicted octanol–water partition coefficient (Wildman–Crippen LogP) is 4.89. The highest BCUT2D eigenvalue weighted by Gasteiger charge is 2.25. The lowest BCUT2D eigenvalue weighted by atomic mass is 10.2. The smallest absolute Gasteiger partial charge is 0.361 e. The van der Waals surface area contributed by atoms with Gasteiger partial charge in [0.1, 0.15) is 5.69 Å². The predicted molar refractivity (Wildman–Crippen MR) is 102 cm³/mol. The van der Waals surface area contributed by atoms with Crippen LogP contribution in [0.4, 0.5) is 17.4 Å². The van der Waals surface area contributed by atoms with Crippen LogP contribution in [0.25, 0.3) is 11.5 Å². The molecule has 0 fully saturated rings. The standard InChI is InChI=1S/C18H9Cl2N5O3/c19-11-3-1-10(2-4-11)17-22-24-18(28-17)23-21-14-9-12(5-6-13(14)20)25-15(26)7-8-16(25)27/h1-9H. The first-order valence-electron chi connectivity index (χ1n) is 7.88. The van der Waals surface area contributed by atoms with Gasteiger partial charge in [0.15, 0.2) is 0 Å². The summed E-state index contributed by atoms with van der Waals surface area (Å²) in [6.07, 6.45) is 2.38. The summed E-state index contributed by atoms with van der Waals surface area (Å²) >= 11 is 12.0. The fourth-order valence-electron chi connectivity index (χ4n) is 2.43. The zero-order valence-corrected chi connectivity index (χ0v) is 15.4. The van der Waals surface area contributed by atoms with E-state index in [-0.39, 0.29) is 22.6 Å². The normalized spacial score (nSPS) is 13.9. The molecule has 4 rings (SSSR count). The van der Waals surface area contributed by atoms with Gasteiger partial charge in [0.05, 0.1) is 10.7 Å². The van der Waals surface area contributed by atoms with Gasteiger partial charge in [-0.15, -0.1) is 10.2 Å². The Morgan fingerprint density at radius 3 is 2.32 bits per heavy atom. The highest BCUT2D eigenvalue weighted by molar-refractivity contribution is 6.33. The van der Waals surface area contributed by atoms with Gasteiger partial charge < -0.3 is 4.42 Å². The van der Waals surface area contributed by atoms with Crippen molar-refractivity contribution in [3.8, 4) is 11.5 Å². The molecule has 3 aromatic rings. The molecule has 1 aliphatic rings. The van der Waals surface area contributed by atoms with Gasteiger partial charge in [-0.2, -0.15) is 0 Å². The maximum atomic E-state index is 11.8. The molecule has 0 atom stereocenters. The summed E-state index contributed by atoms with van der Waals surface area (Å²) in [6.45, 7) is 0. The van der Waals surface area contributed by atoms with Gasteiger partial charge in [0, 0.05) is 22.7 Å². The van der Waals surface area contributed by atoms with Crippen LogP contribution >= 0.6 is 23.2 Å². The van der Waals surface area contributed by atoms with E-state index in [1.54, 1.807) is 24.3 Å². The third-order valence-electron chi connectivity index (χ3n) is 3.75. The molecule has 10 heteroatoms. The number of nitrogens with zero attached hydrogens (tertiary/aromatic N) is 5. The van der Waals surface area contributed by atoms with Crippen molar-refractivity contribution in [1.29, 1.82) is 0 Å². The third kappa shape index (κ3) is 3.55. The van der Waals surface area contributed by atoms with Gasteiger partial charge >= 0.3 is 6.01 Å². The number of carbonyl (C=O) groups is 2. The molecule has 0 saturated heterocycles. The largest absolute Gasteiger partial charge is 0.401 e. The van der Waals surface area contributed by atoms with Crippen LogP contribution in [0.1, 0.15) is 0 Å². The van der Waals surface area contributed by atoms with Gasteiger partial charge in [-0.05, 0) is 42.5 Å². The first kappa shape index (κ1) is 18.0. The van der Waals surface area contributed by atoms with Gasteiger partial charge in [-0.25, -0.2) is 4.90 Å². The Morgan fingerprint density at radius 2 is 1.61 bits per heavy atom. The molecule has 0 unspecified atom stereocenters. The summed E-state index contributed by atoms with van der Waals surface area (Å²) in [4.78, 5) is 24.6. The quantitative estimate of drug-likeness (QED) is 0.447. The SMILES string of the molecule is O=C1C=CC(=O)N1c1ccc(Cl)c(N=Nc2nnc(-c3ccc(Cl)cc3)o2)c1. The van der Waals surface area contributed by atoms with Crippen LogP contribution < -0.4 is 4.90 Å². The lowest BCUT2D eigenvalue weighted by Gasteiger charge is -2.14. The average molecular weight is 414 g/mol. The number of aromatic nitrogens is 2. The van der Waals surface area contributed by atoms with Crippen molar-refractivity contribution in [2.75, 3.05) is 4.90 Å². The molecule has 0 saturated carbocycles. The molecule has 2 amide bonds. The second kappa shape index (κ2) is 7.34. The molecule has 0 spiro atoms. The molecule has 0 N–H and O–H groups in total. The molecule has 1 aromatic heterocycles. The van der Waals surface area contributed by atoms with Gasteiger partial charge in [-0.3, -0.25) is 9.59 Å². The molecule has 0 radical (unpaired) electrons. The van der Waals surface area contributed by atoms with E-state index in [0.29, 0.717) is 16.3 Å². The Kier molecular flexibility index (Phi) is 4.72. The van der Waals surface area contributed by atoms with Crippen LogP contribution in [0.15, 0.2) is 69.3 Å². The van der Waals surface area contributed by atoms with Crippen LogP contribution in [0, 0.1) is 0 Å². The number of hydrogen-bond acceptors (Lipinski definition) is 7. The number of imide groups is 1. The number of carbonyl (C=O) groups excluding carboxylic acids is 2. The van der Waals surface area contributed by atoms with Crippen molar-refractivity contribution < 1.29 is 14.0 Å². The lowest BCUT2D eigenvalue weighted by Crippen LogP contribution is -2.29. The highest BCUT2D eigenvalue weighted by Crippen LogP contribution is 2.32. The minimum Gasteiger partial charge on any atom is -0.401 e. The van der Waals surface area contributed by atoms with Gasteiger partial charge in [0.25, 0.3) is 11.8 Å². The second-order valence-electron chi connectivity index (χ2n) is 5.58. The number of rotatable bonds is 4. The van der Waals surface area contributed by atoms with E-state index in [9.17, 15) is 9.59 Å². The van der Waals surface area contributed by atoms with Crippen molar-refractivity contribution in [3.63, 3.8) is 0 Å². The van der Waals surface area contributed by atoms with Crippen LogP contribution in [0.2, 0.25) is 10.0 Å². The molecular formula is C18H9Cl2N5O3. The van der Waals surface area contributed by atoms with Gasteiger partial charge in [0.2, 0.25) is 5.89 Å². The summed E-state index contributed by atoms with van der Waals surface area (Å²) in [7, 11) is 0. The van der Waals surface area contributed by atoms with Crippen LogP contribution in [-0.4, -0.2) is 22.0 Å². The second-order valence-corrected chi connectivity index (χ2v) is 6.42. The minimum atomic E-state index is -0.445. The summed E-state index contributed by atoms with van der Waals surface area (Å²) in [6, 6.07) is 11.3. The summed E-state index contributed by atoms with van der Waals surface area (Å²) in [5.41, 5.74) is 1.24. The number of hydrogen-bond donors (Lipinski definition) is 0. The molecule has 0 aliphatic carbocycles. The first-order valence-corrected chi connectivity index (χ1v) is 8.64. The fraction of sp³-hybridized carbons (Fsp3) is 0. The Balaban J connectivity index is 1.58. The molecule has 28 heavy (non-hydrogen) atoms. The van der Waals surface area contributed by atoms with Crippen molar-refractivity contribution in [1.82, 2.24) is 10.2 Å². The van der Waals surface area contributed by atoms with Crippen molar-refractivity contribution in [2.24, 2.45) is 10.2 Å². The maximum absolute atomic E-state index is 11.8. The van der Waals surface area contributed by atoms with E-state index in [0.717, 1.165) is 4.90 Å². The maximum Gasteiger partial charge on any atom is 0.361 e. The monoisotopic (exact) mass is 413 g/mol. The van der Waals surface area contributed by atoms with Crippen LogP contribution in [-0.2, 0) is 9.59 Å². The number of benzene rings is 2. The lowest BCUT2D eigenvalue weighted by molar-refractivity contribution is -0.119. The number of anilines is 1. The third-order valence-corrected chi connectivity index (χ3v) is 4.32. The minimum absolute atomic E-state index is 0.0820. The van der Waals surface area contributed by atoms with E-state index in [1.165, 1.54) is 30.4 Å². The zero-order valence-electron chi connectivity index (χ0n) is 13.9. The Hall–Kier alpha value is -3.36. The molecule has 0 bridgehead atoms. The van der Waals surface area contributed by atoms with Crippen molar-refractivity contribution in [2.45, 2.75) is 0 Å². The number of halogens is 2. The average Bonchev–Trinajstić information content (AvgIpc) is 3.29. The Bertz CT molecular complexity index is 1120. The van der Waals surface area contributed by atoms with E-state index in [4.69, 9.17) is 27.6 Å². The summed E-state index contributed by atoms with van der Waals surface area (Å²) in [5.74, 6) is -0.635. The molecule has 138 valence electrons. The number of amides is 2. The highest BCUT2D eigenvalue weighted by atomic mass is 35.5. The topological polar surface area (TPSA) is 101 Å². The van der Waals surface area contributed by atoms with E-state index < -0.39 is 11.8 Å². The fourth-order valence-corrected chi connectivity index (χ4v) is 2.71. The van der Waals surface area contributed by atoms with E-state index in [1.807, 2.05) is 0 Å². The number of azo groups is 1. The first-order chi connectivity index (χ1) is 13.5. The van der Waals surface area contributed by atoms with Crippen molar-refractivity contribution >= 4 is 52.4 Å². The zero-order chi connectivity index (χ0) is 19.7. The molecular weight excluding hydrogens is 405 g/mol. The van der Waals surface area contributed by atoms with Crippen molar-refractivity contribution in [3.05, 3.63) is 64.7 Å². The van der Waals surface area contributed by atoms with Crippen LogP contribution in [0.3, 0.4) is 0 Å². The molecule has 8 nitrogen and oxygen atoms in total. The Labute approximate surface area is 168 Å². The molecule has 2 aromatic carbocycles. The van der Waals surface area contributed by atoms with Crippen LogP contribution in [0.5, 0.6) is 0 Å². The summed E-state index contributed by atoms with van der Waals surface area (Å²) < 4.78 is 5.44. The molecule has 1 aliphatic heterocycles. The van der Waals surface area contributed by atoms with Gasteiger partial charge in [-0.1, -0.05) is 33.4 Å². The summed E-state index contributed by atoms with van der Waals surface area (Å²) in [5, 5.41) is 16.4. The van der Waals surface area contributed by atoms with E-state index >= 15 is 0 Å². The molecule has 2 heterocycles. The van der Waals surface area contributed by atoms with E-state index in [2.05, 4.69) is 20.4 Å².